The quantitative estimate of drug-likeness (QED) is 0.802. The van der Waals surface area contributed by atoms with E-state index in [0.29, 0.717) is 6.04 Å². The number of hydrogen-bond donors (Lipinski definition) is 2. The van der Waals surface area contributed by atoms with Crippen molar-refractivity contribution in [3.63, 3.8) is 0 Å². The number of likely N-dealkylation sites (N-methyl/N-ethyl adjacent to an activating group) is 1. The van der Waals surface area contributed by atoms with Crippen molar-refractivity contribution in [2.24, 2.45) is 5.92 Å². The van der Waals surface area contributed by atoms with E-state index >= 15 is 0 Å². The van der Waals surface area contributed by atoms with E-state index in [9.17, 15) is 5.11 Å². The zero-order chi connectivity index (χ0) is 14.7. The number of nitrogens with zero attached hydrogens (tertiary/aromatic N) is 2. The van der Waals surface area contributed by atoms with Crippen molar-refractivity contribution in [2.45, 2.75) is 56.5 Å². The van der Waals surface area contributed by atoms with Gasteiger partial charge in [0.05, 0.1) is 6.61 Å². The molecule has 2 unspecified atom stereocenters. The van der Waals surface area contributed by atoms with E-state index in [0.717, 1.165) is 18.8 Å². The van der Waals surface area contributed by atoms with Gasteiger partial charge >= 0.3 is 0 Å². The van der Waals surface area contributed by atoms with Crippen LogP contribution in [0.5, 0.6) is 0 Å². The Hall–Kier alpha value is -0.160. The maximum absolute atomic E-state index is 9.65. The fraction of sp³-hybridized carbons (Fsp3) is 1.00. The van der Waals surface area contributed by atoms with Crippen LogP contribution in [0.1, 0.15) is 44.9 Å². The summed E-state index contributed by atoms with van der Waals surface area (Å²) in [6.45, 7) is 6.85. The third-order valence-electron chi connectivity index (χ3n) is 6.30. The van der Waals surface area contributed by atoms with E-state index in [1.807, 2.05) is 7.05 Å². The van der Waals surface area contributed by atoms with E-state index in [1.165, 1.54) is 64.8 Å². The summed E-state index contributed by atoms with van der Waals surface area (Å²) in [6.07, 6.45) is 9.06. The van der Waals surface area contributed by atoms with Crippen molar-refractivity contribution >= 4 is 0 Å². The first-order valence-corrected chi connectivity index (χ1v) is 9.01. The van der Waals surface area contributed by atoms with Crippen molar-refractivity contribution in [2.75, 3.05) is 46.4 Å². The molecule has 1 saturated carbocycles. The van der Waals surface area contributed by atoms with E-state index < -0.39 is 0 Å². The molecule has 3 fully saturated rings. The molecule has 4 nitrogen and oxygen atoms in total. The van der Waals surface area contributed by atoms with Gasteiger partial charge in [-0.3, -0.25) is 0 Å². The van der Waals surface area contributed by atoms with Gasteiger partial charge in [-0.1, -0.05) is 0 Å². The van der Waals surface area contributed by atoms with Crippen LogP contribution >= 0.6 is 0 Å². The van der Waals surface area contributed by atoms with Crippen LogP contribution in [0.3, 0.4) is 0 Å². The maximum atomic E-state index is 9.65. The van der Waals surface area contributed by atoms with Gasteiger partial charge in [-0.25, -0.2) is 0 Å². The zero-order valence-electron chi connectivity index (χ0n) is 13.7. The number of likely N-dealkylation sites (tertiary alicyclic amines) is 2. The van der Waals surface area contributed by atoms with Crippen LogP contribution in [-0.2, 0) is 0 Å². The van der Waals surface area contributed by atoms with E-state index in [1.54, 1.807) is 0 Å². The minimum absolute atomic E-state index is 0.00291. The van der Waals surface area contributed by atoms with Gasteiger partial charge in [0.15, 0.2) is 0 Å². The Kier molecular flexibility index (Phi) is 5.20. The lowest BCUT2D eigenvalue weighted by Crippen LogP contribution is -2.47. The minimum Gasteiger partial charge on any atom is -0.394 e. The highest BCUT2D eigenvalue weighted by Crippen LogP contribution is 2.34. The minimum atomic E-state index is -0.00291. The zero-order valence-corrected chi connectivity index (χ0v) is 13.7. The third-order valence-corrected chi connectivity index (χ3v) is 6.30. The summed E-state index contributed by atoms with van der Waals surface area (Å²) >= 11 is 0. The lowest BCUT2D eigenvalue weighted by molar-refractivity contribution is 0.105. The fourth-order valence-corrected chi connectivity index (χ4v) is 4.69. The number of hydrogen-bond acceptors (Lipinski definition) is 4. The highest BCUT2D eigenvalue weighted by atomic mass is 16.3. The van der Waals surface area contributed by atoms with Gasteiger partial charge in [0.2, 0.25) is 0 Å². The Labute approximate surface area is 129 Å². The summed E-state index contributed by atoms with van der Waals surface area (Å²) in [5.74, 6) is 0.924. The van der Waals surface area contributed by atoms with Gasteiger partial charge in [0.25, 0.3) is 0 Å². The molecule has 0 aromatic carbocycles. The van der Waals surface area contributed by atoms with Crippen molar-refractivity contribution in [3.8, 4) is 0 Å². The van der Waals surface area contributed by atoms with Gasteiger partial charge in [0.1, 0.15) is 0 Å². The first kappa shape index (κ1) is 15.7. The molecule has 3 rings (SSSR count). The predicted octanol–water partition coefficient (Wildman–Crippen LogP) is 1.30. The fourth-order valence-electron chi connectivity index (χ4n) is 4.69. The van der Waals surface area contributed by atoms with Gasteiger partial charge in [-0.2, -0.15) is 0 Å². The molecule has 2 aliphatic heterocycles. The molecule has 122 valence electrons. The van der Waals surface area contributed by atoms with Crippen LogP contribution in [0, 0.1) is 5.92 Å². The van der Waals surface area contributed by atoms with Crippen LogP contribution in [0.4, 0.5) is 0 Å². The Morgan fingerprint density at radius 3 is 2.38 bits per heavy atom. The normalized spacial score (nSPS) is 36.6. The van der Waals surface area contributed by atoms with Crippen LogP contribution in [-0.4, -0.2) is 72.9 Å². The lowest BCUT2D eigenvalue weighted by atomic mass is 9.94. The second-order valence-electron chi connectivity index (χ2n) is 7.57. The molecule has 0 spiro atoms. The summed E-state index contributed by atoms with van der Waals surface area (Å²) in [7, 11) is 2.00. The molecule has 0 amide bonds. The molecule has 2 heterocycles. The summed E-state index contributed by atoms with van der Waals surface area (Å²) in [5, 5.41) is 13.0. The molecule has 2 atom stereocenters. The standard InChI is InChI=1S/C17H33N3O/c1-18-17(14-21)7-4-16(12-17)20-10-5-15(6-11-20)13-19-8-2-3-9-19/h15-16,18,21H,2-14H2,1H3. The molecule has 2 N–H and O–H groups in total. The Morgan fingerprint density at radius 2 is 1.81 bits per heavy atom. The first-order chi connectivity index (χ1) is 10.2. The second-order valence-corrected chi connectivity index (χ2v) is 7.57. The van der Waals surface area contributed by atoms with E-state index in [2.05, 4.69) is 15.1 Å². The third kappa shape index (κ3) is 3.61. The molecule has 0 bridgehead atoms. The summed E-state index contributed by atoms with van der Waals surface area (Å²) < 4.78 is 0. The Morgan fingerprint density at radius 1 is 1.10 bits per heavy atom. The SMILES string of the molecule is CNC1(CO)CCC(N2CCC(CN3CCCC3)CC2)C1. The van der Waals surface area contributed by atoms with Crippen molar-refractivity contribution in [1.29, 1.82) is 0 Å². The van der Waals surface area contributed by atoms with Crippen LogP contribution in [0.25, 0.3) is 0 Å². The Balaban J connectivity index is 1.43. The van der Waals surface area contributed by atoms with Gasteiger partial charge in [-0.05, 0) is 84.1 Å². The maximum Gasteiger partial charge on any atom is 0.0613 e. The number of aliphatic hydroxyl groups is 1. The highest BCUT2D eigenvalue weighted by molar-refractivity contribution is 4.99. The van der Waals surface area contributed by atoms with Crippen LogP contribution in [0.15, 0.2) is 0 Å². The molecule has 2 saturated heterocycles. The van der Waals surface area contributed by atoms with Crippen molar-refractivity contribution in [1.82, 2.24) is 15.1 Å². The van der Waals surface area contributed by atoms with Crippen molar-refractivity contribution < 1.29 is 5.11 Å². The van der Waals surface area contributed by atoms with E-state index in [-0.39, 0.29) is 12.1 Å². The molecule has 1 aliphatic carbocycles. The van der Waals surface area contributed by atoms with Gasteiger partial charge in [0, 0.05) is 18.1 Å². The van der Waals surface area contributed by atoms with Gasteiger partial charge < -0.3 is 20.2 Å². The lowest BCUT2D eigenvalue weighted by Gasteiger charge is -2.38. The average Bonchev–Trinajstić information content (AvgIpc) is 3.18. The van der Waals surface area contributed by atoms with Crippen LogP contribution < -0.4 is 5.32 Å². The number of nitrogens with one attached hydrogen (secondary N) is 1. The number of rotatable bonds is 5. The first-order valence-electron chi connectivity index (χ1n) is 9.01. The topological polar surface area (TPSA) is 38.7 Å². The molecule has 0 radical (unpaired) electrons. The molecule has 0 aromatic rings. The highest BCUT2D eigenvalue weighted by Gasteiger charge is 2.40. The molecular weight excluding hydrogens is 262 g/mol. The molecule has 21 heavy (non-hydrogen) atoms. The molecule has 3 aliphatic rings. The molecular formula is C17H33N3O. The second kappa shape index (κ2) is 6.95. The van der Waals surface area contributed by atoms with Crippen LogP contribution in [0.2, 0.25) is 0 Å². The average molecular weight is 295 g/mol. The summed E-state index contributed by atoms with van der Waals surface area (Å²) in [6, 6.07) is 0.692. The summed E-state index contributed by atoms with van der Waals surface area (Å²) in [4.78, 5) is 5.38. The summed E-state index contributed by atoms with van der Waals surface area (Å²) in [5.41, 5.74) is -0.00291. The molecule has 4 heteroatoms. The van der Waals surface area contributed by atoms with Gasteiger partial charge in [-0.15, -0.1) is 0 Å². The Bertz CT molecular complexity index is 318. The number of aliphatic hydroxyl groups excluding tert-OH is 1. The van der Waals surface area contributed by atoms with Crippen molar-refractivity contribution in [3.05, 3.63) is 0 Å². The predicted molar refractivity (Wildman–Crippen MR) is 86.5 cm³/mol. The smallest absolute Gasteiger partial charge is 0.0613 e. The molecule has 0 aromatic heterocycles. The van der Waals surface area contributed by atoms with E-state index in [4.69, 9.17) is 0 Å². The largest absolute Gasteiger partial charge is 0.394 e. The monoisotopic (exact) mass is 295 g/mol. The number of piperidine rings is 1.